The van der Waals surface area contributed by atoms with Crippen LogP contribution in [-0.4, -0.2) is 21.8 Å². The van der Waals surface area contributed by atoms with Gasteiger partial charge < -0.3 is 9.67 Å². The van der Waals surface area contributed by atoms with E-state index in [0.717, 1.165) is 0 Å². The van der Waals surface area contributed by atoms with Gasteiger partial charge in [0.1, 0.15) is 12.3 Å². The third-order valence-corrected chi connectivity index (χ3v) is 5.19. The summed E-state index contributed by atoms with van der Waals surface area (Å²) >= 11 is 3.24. The van der Waals surface area contributed by atoms with Gasteiger partial charge in [0.15, 0.2) is 5.43 Å². The number of halogens is 1. The molecule has 2 N–H and O–H groups in total. The lowest BCUT2D eigenvalue weighted by molar-refractivity contribution is -0.121. The Labute approximate surface area is 174 Å². The van der Waals surface area contributed by atoms with Gasteiger partial charge in [-0.15, -0.1) is 0 Å². The van der Waals surface area contributed by atoms with Gasteiger partial charge in [0.05, 0.1) is 21.7 Å². The molecule has 0 bridgehead atoms. The van der Waals surface area contributed by atoms with Crippen molar-refractivity contribution in [3.8, 4) is 5.75 Å². The minimum atomic E-state index is -0.321. The number of phenolic OH excluding ortho intramolecular Hbond substituents is 1. The second-order valence-electron chi connectivity index (χ2n) is 6.45. The van der Waals surface area contributed by atoms with Gasteiger partial charge in [-0.3, -0.25) is 9.59 Å². The minimum absolute atomic E-state index is 0.0118. The zero-order chi connectivity index (χ0) is 20.4. The molecule has 0 radical (unpaired) electrons. The molecule has 6 nitrogen and oxygen atoms in total. The summed E-state index contributed by atoms with van der Waals surface area (Å²) in [5.41, 5.74) is 4.56. The summed E-state index contributed by atoms with van der Waals surface area (Å²) in [4.78, 5) is 25.3. The number of carbonyl (C=O) groups excluding carboxylic acids is 1. The summed E-state index contributed by atoms with van der Waals surface area (Å²) in [6.45, 7) is 0.0118. The molecule has 1 amide bonds. The van der Waals surface area contributed by atoms with E-state index in [2.05, 4.69) is 26.5 Å². The van der Waals surface area contributed by atoms with Crippen molar-refractivity contribution >= 4 is 49.9 Å². The van der Waals surface area contributed by atoms with E-state index in [0.29, 0.717) is 31.8 Å². The van der Waals surface area contributed by atoms with Crippen molar-refractivity contribution in [1.82, 2.24) is 9.99 Å². The van der Waals surface area contributed by atoms with Crippen LogP contribution in [0.25, 0.3) is 21.8 Å². The fourth-order valence-electron chi connectivity index (χ4n) is 3.21. The van der Waals surface area contributed by atoms with Gasteiger partial charge >= 0.3 is 0 Å². The molecule has 7 heteroatoms. The van der Waals surface area contributed by atoms with Crippen LogP contribution in [-0.2, 0) is 11.3 Å². The molecule has 0 spiro atoms. The number of hydrazone groups is 1. The summed E-state index contributed by atoms with van der Waals surface area (Å²) < 4.78 is 2.35. The smallest absolute Gasteiger partial charge is 0.260 e. The molecule has 1 aromatic heterocycles. The lowest BCUT2D eigenvalue weighted by atomic mass is 10.1. The Balaban J connectivity index is 1.64. The summed E-state index contributed by atoms with van der Waals surface area (Å²) in [6, 6.07) is 19.4. The highest BCUT2D eigenvalue weighted by molar-refractivity contribution is 9.10. The largest absolute Gasteiger partial charge is 0.507 e. The van der Waals surface area contributed by atoms with Crippen molar-refractivity contribution in [2.45, 2.75) is 6.54 Å². The Kier molecular flexibility index (Phi) is 5.14. The van der Waals surface area contributed by atoms with E-state index >= 15 is 0 Å². The number of hydrogen-bond donors (Lipinski definition) is 2. The Morgan fingerprint density at radius 1 is 1.03 bits per heavy atom. The quantitative estimate of drug-likeness (QED) is 0.282. The van der Waals surface area contributed by atoms with E-state index in [-0.39, 0.29) is 23.6 Å². The monoisotopic (exact) mass is 449 g/mol. The standard InChI is InChI=1S/C22H16BrN3O3/c23-17-11-14(9-10-20(17)27)12-24-25-21(28)13-26-18-7-3-1-5-15(18)22(29)16-6-2-4-8-19(16)26/h1-12,27H,13H2,(H,25,28). The van der Waals surface area contributed by atoms with Crippen LogP contribution in [0.4, 0.5) is 0 Å². The molecule has 4 rings (SSSR count). The zero-order valence-corrected chi connectivity index (χ0v) is 16.8. The first-order chi connectivity index (χ1) is 14.0. The molecular formula is C22H16BrN3O3. The van der Waals surface area contributed by atoms with Gasteiger partial charge in [-0.25, -0.2) is 5.43 Å². The topological polar surface area (TPSA) is 83.7 Å². The first-order valence-electron chi connectivity index (χ1n) is 8.85. The molecule has 0 saturated heterocycles. The molecule has 0 aliphatic carbocycles. The third-order valence-electron chi connectivity index (χ3n) is 4.56. The molecule has 4 aromatic rings. The molecule has 0 fully saturated rings. The molecule has 0 aliphatic heterocycles. The zero-order valence-electron chi connectivity index (χ0n) is 15.2. The molecular weight excluding hydrogens is 434 g/mol. The highest BCUT2D eigenvalue weighted by atomic mass is 79.9. The number of para-hydroxylation sites is 2. The van der Waals surface area contributed by atoms with E-state index in [9.17, 15) is 14.7 Å². The van der Waals surface area contributed by atoms with Crippen LogP contribution >= 0.6 is 15.9 Å². The average molecular weight is 450 g/mol. The molecule has 0 atom stereocenters. The van der Waals surface area contributed by atoms with Crippen LogP contribution in [0.5, 0.6) is 5.75 Å². The fourth-order valence-corrected chi connectivity index (χ4v) is 3.60. The van der Waals surface area contributed by atoms with Gasteiger partial charge in [0, 0.05) is 10.8 Å². The highest BCUT2D eigenvalue weighted by Gasteiger charge is 2.12. The van der Waals surface area contributed by atoms with Crippen LogP contribution in [0, 0.1) is 0 Å². The molecule has 0 saturated carbocycles. The molecule has 0 aliphatic rings. The minimum Gasteiger partial charge on any atom is -0.507 e. The number of nitrogens with zero attached hydrogens (tertiary/aromatic N) is 2. The second kappa shape index (κ2) is 7.89. The maximum Gasteiger partial charge on any atom is 0.260 e. The van der Waals surface area contributed by atoms with Crippen LogP contribution in [0.1, 0.15) is 5.56 Å². The Bertz CT molecular complexity index is 1270. The first kappa shape index (κ1) is 18.9. The number of carbonyl (C=O) groups is 1. The number of amides is 1. The lowest BCUT2D eigenvalue weighted by Gasteiger charge is -2.14. The maximum atomic E-state index is 12.7. The van der Waals surface area contributed by atoms with E-state index < -0.39 is 0 Å². The SMILES string of the molecule is O=C(Cn1c2ccccc2c(=O)c2ccccc21)NN=Cc1ccc(O)c(Br)c1. The Morgan fingerprint density at radius 2 is 1.66 bits per heavy atom. The third kappa shape index (κ3) is 3.77. The molecule has 0 unspecified atom stereocenters. The average Bonchev–Trinajstić information content (AvgIpc) is 2.74. The number of phenols is 1. The number of rotatable bonds is 4. The predicted octanol–water partition coefficient (Wildman–Crippen LogP) is 3.77. The van der Waals surface area contributed by atoms with Crippen molar-refractivity contribution in [3.63, 3.8) is 0 Å². The van der Waals surface area contributed by atoms with E-state index in [1.807, 2.05) is 41.0 Å². The van der Waals surface area contributed by atoms with Gasteiger partial charge in [-0.2, -0.15) is 5.10 Å². The Morgan fingerprint density at radius 3 is 2.28 bits per heavy atom. The van der Waals surface area contributed by atoms with Crippen molar-refractivity contribution in [2.75, 3.05) is 0 Å². The van der Waals surface area contributed by atoms with Crippen molar-refractivity contribution in [1.29, 1.82) is 0 Å². The molecule has 3 aromatic carbocycles. The summed E-state index contributed by atoms with van der Waals surface area (Å²) in [6.07, 6.45) is 1.49. The lowest BCUT2D eigenvalue weighted by Crippen LogP contribution is -2.25. The van der Waals surface area contributed by atoms with Gasteiger partial charge in [0.2, 0.25) is 0 Å². The van der Waals surface area contributed by atoms with Gasteiger partial charge in [-0.05, 0) is 64.0 Å². The maximum absolute atomic E-state index is 12.7. The van der Waals surface area contributed by atoms with E-state index in [1.165, 1.54) is 12.3 Å². The van der Waals surface area contributed by atoms with Crippen molar-refractivity contribution < 1.29 is 9.90 Å². The number of nitrogens with one attached hydrogen (secondary N) is 1. The molecule has 144 valence electrons. The molecule has 1 heterocycles. The summed E-state index contributed by atoms with van der Waals surface area (Å²) in [5.74, 6) is -0.193. The normalized spacial score (nSPS) is 11.3. The van der Waals surface area contributed by atoms with Crippen LogP contribution in [0.3, 0.4) is 0 Å². The number of aromatic hydroxyl groups is 1. The van der Waals surface area contributed by atoms with Gasteiger partial charge in [0.25, 0.3) is 5.91 Å². The van der Waals surface area contributed by atoms with Gasteiger partial charge in [-0.1, -0.05) is 24.3 Å². The number of hydrogen-bond acceptors (Lipinski definition) is 4. The van der Waals surface area contributed by atoms with Crippen molar-refractivity contribution in [2.24, 2.45) is 5.10 Å². The van der Waals surface area contributed by atoms with E-state index in [4.69, 9.17) is 0 Å². The highest BCUT2D eigenvalue weighted by Crippen LogP contribution is 2.23. The predicted molar refractivity (Wildman–Crippen MR) is 117 cm³/mol. The number of fused-ring (bicyclic) bond motifs is 2. The fraction of sp³-hybridized carbons (Fsp3) is 0.0455. The first-order valence-corrected chi connectivity index (χ1v) is 9.64. The second-order valence-corrected chi connectivity index (χ2v) is 7.31. The number of pyridine rings is 1. The number of aromatic nitrogens is 1. The molecule has 29 heavy (non-hydrogen) atoms. The van der Waals surface area contributed by atoms with Crippen LogP contribution < -0.4 is 10.9 Å². The van der Waals surface area contributed by atoms with Crippen LogP contribution in [0.2, 0.25) is 0 Å². The number of benzene rings is 3. The van der Waals surface area contributed by atoms with E-state index in [1.54, 1.807) is 24.3 Å². The summed E-state index contributed by atoms with van der Waals surface area (Å²) in [7, 11) is 0. The Hall–Kier alpha value is -3.45. The van der Waals surface area contributed by atoms with Crippen LogP contribution in [0.15, 0.2) is 81.1 Å². The summed E-state index contributed by atoms with van der Waals surface area (Å²) in [5, 5.41) is 14.6. The van der Waals surface area contributed by atoms with Crippen molar-refractivity contribution in [3.05, 3.63) is 87.0 Å².